The van der Waals surface area contributed by atoms with Gasteiger partial charge in [0, 0.05) is 38.3 Å². The van der Waals surface area contributed by atoms with E-state index >= 15 is 0 Å². The topological polar surface area (TPSA) is 33.7 Å². The maximum absolute atomic E-state index is 5.55. The molecule has 4 nitrogen and oxygen atoms in total. The van der Waals surface area contributed by atoms with Gasteiger partial charge in [-0.05, 0) is 19.8 Å². The zero-order valence-corrected chi connectivity index (χ0v) is 10.3. The van der Waals surface area contributed by atoms with E-state index in [-0.39, 0.29) is 0 Å². The van der Waals surface area contributed by atoms with Crippen molar-refractivity contribution in [3.63, 3.8) is 0 Å². The van der Waals surface area contributed by atoms with Crippen molar-refractivity contribution >= 4 is 0 Å². The van der Waals surface area contributed by atoms with E-state index in [9.17, 15) is 0 Å². The first-order valence-electron chi connectivity index (χ1n) is 6.53. The van der Waals surface area contributed by atoms with Crippen LogP contribution in [0, 0.1) is 0 Å². The van der Waals surface area contributed by atoms with Crippen LogP contribution >= 0.6 is 0 Å². The van der Waals surface area contributed by atoms with Crippen molar-refractivity contribution in [3.05, 3.63) is 0 Å². The fraction of sp³-hybridized carbons (Fsp3) is 1.00. The molecule has 1 heterocycles. The Morgan fingerprint density at radius 3 is 3.06 bits per heavy atom. The van der Waals surface area contributed by atoms with Crippen molar-refractivity contribution in [1.29, 1.82) is 0 Å². The second kappa shape index (κ2) is 6.55. The first-order chi connectivity index (χ1) is 7.90. The minimum atomic E-state index is 0.537. The van der Waals surface area contributed by atoms with Crippen molar-refractivity contribution in [1.82, 2.24) is 10.2 Å². The molecular weight excluding hydrogens is 204 g/mol. The number of nitrogens with one attached hydrogen (secondary N) is 1. The molecule has 0 amide bonds. The first kappa shape index (κ1) is 12.3. The van der Waals surface area contributed by atoms with Gasteiger partial charge in [-0.25, -0.2) is 0 Å². The first-order valence-corrected chi connectivity index (χ1v) is 6.53. The number of hydrogen-bond donors (Lipinski definition) is 1. The fourth-order valence-corrected chi connectivity index (χ4v) is 2.09. The summed E-state index contributed by atoms with van der Waals surface area (Å²) in [5.41, 5.74) is 0. The summed E-state index contributed by atoms with van der Waals surface area (Å²) in [5.74, 6) is 0. The number of morpholine rings is 1. The molecule has 2 fully saturated rings. The highest BCUT2D eigenvalue weighted by molar-refractivity contribution is 4.85. The predicted octanol–water partition coefficient (Wildman–Crippen LogP) is 0.476. The summed E-state index contributed by atoms with van der Waals surface area (Å²) in [4.78, 5) is 2.49. The zero-order chi connectivity index (χ0) is 11.2. The Labute approximate surface area is 98.3 Å². The molecule has 1 aliphatic heterocycles. The highest BCUT2D eigenvalue weighted by atomic mass is 16.5. The molecule has 2 aliphatic rings. The Morgan fingerprint density at radius 1 is 1.44 bits per heavy atom. The van der Waals surface area contributed by atoms with Crippen molar-refractivity contribution in [3.8, 4) is 0 Å². The van der Waals surface area contributed by atoms with Gasteiger partial charge in [0.15, 0.2) is 0 Å². The van der Waals surface area contributed by atoms with E-state index in [4.69, 9.17) is 9.47 Å². The van der Waals surface area contributed by atoms with Crippen LogP contribution in [0.4, 0.5) is 0 Å². The molecule has 0 radical (unpaired) electrons. The SMILES string of the molecule is CCOCCN1CCOCC1CNC1CC1. The Balaban J connectivity index is 1.67. The van der Waals surface area contributed by atoms with Crippen LogP contribution < -0.4 is 5.32 Å². The van der Waals surface area contributed by atoms with Gasteiger partial charge in [0.05, 0.1) is 19.8 Å². The van der Waals surface area contributed by atoms with Gasteiger partial charge in [0.25, 0.3) is 0 Å². The number of hydrogen-bond acceptors (Lipinski definition) is 4. The van der Waals surface area contributed by atoms with Gasteiger partial charge in [-0.15, -0.1) is 0 Å². The van der Waals surface area contributed by atoms with Gasteiger partial charge in [-0.2, -0.15) is 0 Å². The van der Waals surface area contributed by atoms with E-state index in [0.29, 0.717) is 6.04 Å². The molecular formula is C12H24N2O2. The largest absolute Gasteiger partial charge is 0.380 e. The lowest BCUT2D eigenvalue weighted by Crippen LogP contribution is -2.51. The van der Waals surface area contributed by atoms with Gasteiger partial charge in [-0.1, -0.05) is 0 Å². The molecule has 4 heteroatoms. The second-order valence-corrected chi connectivity index (χ2v) is 4.64. The van der Waals surface area contributed by atoms with E-state index in [1.807, 2.05) is 6.92 Å². The van der Waals surface area contributed by atoms with Crippen LogP contribution in [0.2, 0.25) is 0 Å². The van der Waals surface area contributed by atoms with Gasteiger partial charge in [0.1, 0.15) is 0 Å². The fourth-order valence-electron chi connectivity index (χ4n) is 2.09. The van der Waals surface area contributed by atoms with Crippen LogP contribution in [0.5, 0.6) is 0 Å². The molecule has 0 spiro atoms. The van der Waals surface area contributed by atoms with E-state index in [0.717, 1.165) is 52.1 Å². The predicted molar refractivity (Wildman–Crippen MR) is 63.7 cm³/mol. The Hall–Kier alpha value is -0.160. The van der Waals surface area contributed by atoms with Crippen LogP contribution in [-0.2, 0) is 9.47 Å². The molecule has 2 rings (SSSR count). The Bertz CT molecular complexity index is 197. The highest BCUT2D eigenvalue weighted by Gasteiger charge is 2.26. The summed E-state index contributed by atoms with van der Waals surface area (Å²) in [6.07, 6.45) is 2.71. The van der Waals surface area contributed by atoms with Crippen LogP contribution in [0.25, 0.3) is 0 Å². The summed E-state index contributed by atoms with van der Waals surface area (Å²) in [6.45, 7) is 8.59. The molecule has 1 N–H and O–H groups in total. The van der Waals surface area contributed by atoms with Crippen molar-refractivity contribution in [2.75, 3.05) is 46.1 Å². The van der Waals surface area contributed by atoms with Gasteiger partial charge < -0.3 is 14.8 Å². The third-order valence-corrected chi connectivity index (χ3v) is 3.30. The van der Waals surface area contributed by atoms with Gasteiger partial charge in [-0.3, -0.25) is 4.90 Å². The Morgan fingerprint density at radius 2 is 2.31 bits per heavy atom. The lowest BCUT2D eigenvalue weighted by atomic mass is 10.2. The Kier molecular flexibility index (Phi) is 5.03. The molecule has 0 aromatic carbocycles. The molecule has 0 aromatic heterocycles. The average molecular weight is 228 g/mol. The summed E-state index contributed by atoms with van der Waals surface area (Å²) >= 11 is 0. The molecule has 1 saturated heterocycles. The normalized spacial score (nSPS) is 27.2. The lowest BCUT2D eigenvalue weighted by Gasteiger charge is -2.35. The number of ether oxygens (including phenoxy) is 2. The minimum Gasteiger partial charge on any atom is -0.380 e. The maximum atomic E-state index is 5.55. The van der Waals surface area contributed by atoms with Crippen molar-refractivity contribution < 1.29 is 9.47 Å². The second-order valence-electron chi connectivity index (χ2n) is 4.64. The molecule has 1 aliphatic carbocycles. The summed E-state index contributed by atoms with van der Waals surface area (Å²) in [5, 5.41) is 3.58. The lowest BCUT2D eigenvalue weighted by molar-refractivity contribution is -0.0188. The quantitative estimate of drug-likeness (QED) is 0.643. The van der Waals surface area contributed by atoms with E-state index in [1.165, 1.54) is 12.8 Å². The molecule has 0 aromatic rings. The van der Waals surface area contributed by atoms with Crippen LogP contribution in [0.15, 0.2) is 0 Å². The van der Waals surface area contributed by atoms with Crippen molar-refractivity contribution in [2.45, 2.75) is 31.8 Å². The molecule has 1 atom stereocenters. The molecule has 1 saturated carbocycles. The molecule has 0 bridgehead atoms. The molecule has 16 heavy (non-hydrogen) atoms. The van der Waals surface area contributed by atoms with Crippen molar-refractivity contribution in [2.24, 2.45) is 0 Å². The van der Waals surface area contributed by atoms with Gasteiger partial charge in [0.2, 0.25) is 0 Å². The number of nitrogens with zero attached hydrogens (tertiary/aromatic N) is 1. The monoisotopic (exact) mass is 228 g/mol. The van der Waals surface area contributed by atoms with Crippen LogP contribution in [0.1, 0.15) is 19.8 Å². The average Bonchev–Trinajstić information content (AvgIpc) is 3.12. The summed E-state index contributed by atoms with van der Waals surface area (Å²) in [7, 11) is 0. The van der Waals surface area contributed by atoms with E-state index in [1.54, 1.807) is 0 Å². The standard InChI is InChI=1S/C12H24N2O2/c1-2-15-7-5-14-6-8-16-10-12(14)9-13-11-3-4-11/h11-13H,2-10H2,1H3. The third-order valence-electron chi connectivity index (χ3n) is 3.30. The van der Waals surface area contributed by atoms with E-state index < -0.39 is 0 Å². The molecule has 1 unspecified atom stereocenters. The maximum Gasteiger partial charge on any atom is 0.0634 e. The van der Waals surface area contributed by atoms with E-state index in [2.05, 4.69) is 10.2 Å². The molecule has 94 valence electrons. The smallest absolute Gasteiger partial charge is 0.0634 e. The summed E-state index contributed by atoms with van der Waals surface area (Å²) < 4.78 is 11.0. The van der Waals surface area contributed by atoms with Gasteiger partial charge >= 0.3 is 0 Å². The van der Waals surface area contributed by atoms with Crippen LogP contribution in [0.3, 0.4) is 0 Å². The number of rotatable bonds is 7. The third kappa shape index (κ3) is 4.01. The highest BCUT2D eigenvalue weighted by Crippen LogP contribution is 2.19. The zero-order valence-electron chi connectivity index (χ0n) is 10.3. The minimum absolute atomic E-state index is 0.537. The summed E-state index contributed by atoms with van der Waals surface area (Å²) in [6, 6.07) is 1.32. The van der Waals surface area contributed by atoms with Crippen LogP contribution in [-0.4, -0.2) is 63.0 Å².